The quantitative estimate of drug-likeness (QED) is 0.436. The SMILES string of the molecule is C=CCC/C(=C\c1cc(-c2cc(C=O)nn2C)ccc1C)c1cccnc1. The molecule has 0 N–H and O–H groups in total. The first kappa shape index (κ1) is 18.5. The van der Waals surface area contributed by atoms with Crippen LogP contribution in [0.1, 0.15) is 40.0 Å². The molecule has 0 radical (unpaired) electrons. The number of aldehydes is 1. The van der Waals surface area contributed by atoms with Gasteiger partial charge in [-0.1, -0.05) is 30.4 Å². The van der Waals surface area contributed by atoms with Gasteiger partial charge in [-0.15, -0.1) is 6.58 Å². The van der Waals surface area contributed by atoms with Crippen LogP contribution in [0, 0.1) is 6.92 Å². The van der Waals surface area contributed by atoms with Crippen molar-refractivity contribution < 1.29 is 4.79 Å². The van der Waals surface area contributed by atoms with Crippen LogP contribution >= 0.6 is 0 Å². The van der Waals surface area contributed by atoms with Gasteiger partial charge in [0.25, 0.3) is 0 Å². The van der Waals surface area contributed by atoms with Crippen LogP contribution in [0.3, 0.4) is 0 Å². The highest BCUT2D eigenvalue weighted by Gasteiger charge is 2.09. The van der Waals surface area contributed by atoms with Crippen molar-refractivity contribution in [2.75, 3.05) is 0 Å². The van der Waals surface area contributed by atoms with E-state index in [0.717, 1.165) is 41.5 Å². The molecule has 2 heterocycles. The number of nitrogens with zero attached hydrogens (tertiary/aromatic N) is 3. The fourth-order valence-corrected chi connectivity index (χ4v) is 3.07. The Bertz CT molecular complexity index is 984. The maximum absolute atomic E-state index is 11.0. The Labute approximate surface area is 159 Å². The fourth-order valence-electron chi connectivity index (χ4n) is 3.07. The number of hydrogen-bond acceptors (Lipinski definition) is 3. The number of benzene rings is 1. The second-order valence-corrected chi connectivity index (χ2v) is 6.51. The summed E-state index contributed by atoms with van der Waals surface area (Å²) in [4.78, 5) is 15.3. The van der Waals surface area contributed by atoms with E-state index < -0.39 is 0 Å². The molecule has 0 bridgehead atoms. The van der Waals surface area contributed by atoms with Crippen LogP contribution in [0.15, 0.2) is 61.4 Å². The van der Waals surface area contributed by atoms with Crippen molar-refractivity contribution in [3.05, 3.63) is 83.8 Å². The van der Waals surface area contributed by atoms with E-state index in [9.17, 15) is 4.79 Å². The summed E-state index contributed by atoms with van der Waals surface area (Å²) in [5, 5.41) is 4.22. The molecule has 0 spiro atoms. The molecule has 0 amide bonds. The normalized spacial score (nSPS) is 11.4. The summed E-state index contributed by atoms with van der Waals surface area (Å²) in [6.07, 6.45) is 10.4. The summed E-state index contributed by atoms with van der Waals surface area (Å²) in [5.41, 5.74) is 7.06. The zero-order valence-electron chi connectivity index (χ0n) is 15.7. The molecule has 0 atom stereocenters. The molecule has 0 unspecified atom stereocenters. The predicted octanol–water partition coefficient (Wildman–Crippen LogP) is 5.11. The van der Waals surface area contributed by atoms with Gasteiger partial charge in [-0.25, -0.2) is 0 Å². The van der Waals surface area contributed by atoms with Gasteiger partial charge in [0.2, 0.25) is 0 Å². The van der Waals surface area contributed by atoms with E-state index in [1.807, 2.05) is 31.5 Å². The van der Waals surface area contributed by atoms with E-state index >= 15 is 0 Å². The lowest BCUT2D eigenvalue weighted by molar-refractivity contribution is 0.111. The maximum atomic E-state index is 11.0. The number of carbonyl (C=O) groups is 1. The molecule has 0 aliphatic rings. The summed E-state index contributed by atoms with van der Waals surface area (Å²) in [5.74, 6) is 0. The molecule has 4 heteroatoms. The van der Waals surface area contributed by atoms with E-state index in [4.69, 9.17) is 0 Å². The number of pyridine rings is 1. The summed E-state index contributed by atoms with van der Waals surface area (Å²) >= 11 is 0. The Kier molecular flexibility index (Phi) is 5.77. The number of rotatable bonds is 7. The van der Waals surface area contributed by atoms with Crippen molar-refractivity contribution in [3.8, 4) is 11.3 Å². The average molecular weight is 357 g/mol. The summed E-state index contributed by atoms with van der Waals surface area (Å²) in [6.45, 7) is 5.95. The second kappa shape index (κ2) is 8.41. The van der Waals surface area contributed by atoms with Crippen LogP contribution in [-0.4, -0.2) is 21.1 Å². The van der Waals surface area contributed by atoms with Crippen molar-refractivity contribution in [1.29, 1.82) is 0 Å². The molecule has 4 nitrogen and oxygen atoms in total. The Hall–Kier alpha value is -3.27. The number of carbonyl (C=O) groups excluding carboxylic acids is 1. The highest BCUT2D eigenvalue weighted by atomic mass is 16.1. The number of aryl methyl sites for hydroxylation is 2. The smallest absolute Gasteiger partial charge is 0.170 e. The van der Waals surface area contributed by atoms with Crippen molar-refractivity contribution >= 4 is 17.9 Å². The van der Waals surface area contributed by atoms with E-state index in [-0.39, 0.29) is 0 Å². The average Bonchev–Trinajstić information content (AvgIpc) is 3.08. The molecule has 1 aromatic carbocycles. The zero-order chi connectivity index (χ0) is 19.2. The lowest BCUT2D eigenvalue weighted by Crippen LogP contribution is -1.95. The van der Waals surface area contributed by atoms with Gasteiger partial charge in [-0.05, 0) is 60.2 Å². The third-order valence-electron chi connectivity index (χ3n) is 4.57. The van der Waals surface area contributed by atoms with Crippen LogP contribution in [0.2, 0.25) is 0 Å². The second-order valence-electron chi connectivity index (χ2n) is 6.51. The molecule has 27 heavy (non-hydrogen) atoms. The number of hydrogen-bond donors (Lipinski definition) is 0. The van der Waals surface area contributed by atoms with Crippen LogP contribution in [0.4, 0.5) is 0 Å². The summed E-state index contributed by atoms with van der Waals surface area (Å²) in [6, 6.07) is 12.2. The summed E-state index contributed by atoms with van der Waals surface area (Å²) < 4.78 is 1.74. The number of allylic oxidation sites excluding steroid dienone is 2. The highest BCUT2D eigenvalue weighted by molar-refractivity contribution is 5.84. The Morgan fingerprint density at radius 3 is 2.78 bits per heavy atom. The van der Waals surface area contributed by atoms with Gasteiger partial charge >= 0.3 is 0 Å². The molecule has 0 saturated carbocycles. The zero-order valence-corrected chi connectivity index (χ0v) is 15.7. The lowest BCUT2D eigenvalue weighted by Gasteiger charge is -2.10. The van der Waals surface area contributed by atoms with Crippen molar-refractivity contribution in [3.63, 3.8) is 0 Å². The molecule has 0 saturated heterocycles. The van der Waals surface area contributed by atoms with Gasteiger partial charge in [-0.2, -0.15) is 5.10 Å². The first-order valence-corrected chi connectivity index (χ1v) is 8.94. The lowest BCUT2D eigenvalue weighted by atomic mass is 9.96. The molecular formula is C23H23N3O. The molecule has 3 aromatic rings. The van der Waals surface area contributed by atoms with Crippen molar-refractivity contribution in [2.24, 2.45) is 7.05 Å². The molecule has 3 rings (SSSR count). The van der Waals surface area contributed by atoms with Gasteiger partial charge < -0.3 is 0 Å². The minimum atomic E-state index is 0.437. The first-order valence-electron chi connectivity index (χ1n) is 8.94. The Morgan fingerprint density at radius 2 is 2.11 bits per heavy atom. The van der Waals surface area contributed by atoms with E-state index in [1.54, 1.807) is 10.9 Å². The Balaban J connectivity index is 2.06. The fraction of sp³-hybridized carbons (Fsp3) is 0.174. The predicted molar refractivity (Wildman–Crippen MR) is 110 cm³/mol. The Morgan fingerprint density at radius 1 is 1.26 bits per heavy atom. The van der Waals surface area contributed by atoms with Gasteiger partial charge in [0.15, 0.2) is 6.29 Å². The third kappa shape index (κ3) is 4.29. The molecule has 136 valence electrons. The summed E-state index contributed by atoms with van der Waals surface area (Å²) in [7, 11) is 1.85. The van der Waals surface area contributed by atoms with Crippen LogP contribution in [0.5, 0.6) is 0 Å². The topological polar surface area (TPSA) is 47.8 Å². The minimum absolute atomic E-state index is 0.437. The van der Waals surface area contributed by atoms with E-state index in [2.05, 4.69) is 53.9 Å². The maximum Gasteiger partial charge on any atom is 0.170 e. The van der Waals surface area contributed by atoms with Crippen molar-refractivity contribution in [1.82, 2.24) is 14.8 Å². The first-order chi connectivity index (χ1) is 13.1. The van der Waals surface area contributed by atoms with Gasteiger partial charge in [0.05, 0.1) is 5.69 Å². The van der Waals surface area contributed by atoms with Gasteiger partial charge in [0.1, 0.15) is 5.69 Å². The molecule has 2 aromatic heterocycles. The third-order valence-corrected chi connectivity index (χ3v) is 4.57. The van der Waals surface area contributed by atoms with Crippen molar-refractivity contribution in [2.45, 2.75) is 19.8 Å². The standard InChI is InChI=1S/C23H23N3O/c1-4-5-7-18(20-8-6-11-24-15-20)12-21-13-19(10-9-17(21)2)23-14-22(16-27)25-26(23)3/h4,6,8-16H,1,5,7H2,2-3H3/b18-12+. The van der Waals surface area contributed by atoms with Crippen LogP contribution in [-0.2, 0) is 7.05 Å². The van der Waals surface area contributed by atoms with Crippen LogP contribution < -0.4 is 0 Å². The molecular weight excluding hydrogens is 334 g/mol. The van der Waals surface area contributed by atoms with E-state index in [0.29, 0.717) is 5.69 Å². The van der Waals surface area contributed by atoms with Gasteiger partial charge in [-0.3, -0.25) is 14.5 Å². The van der Waals surface area contributed by atoms with Gasteiger partial charge in [0, 0.05) is 25.0 Å². The number of aromatic nitrogens is 3. The molecule has 0 fully saturated rings. The minimum Gasteiger partial charge on any atom is -0.296 e. The molecule has 0 aliphatic heterocycles. The highest BCUT2D eigenvalue weighted by Crippen LogP contribution is 2.28. The van der Waals surface area contributed by atoms with Crippen LogP contribution in [0.25, 0.3) is 22.9 Å². The molecule has 0 aliphatic carbocycles. The largest absolute Gasteiger partial charge is 0.296 e. The van der Waals surface area contributed by atoms with E-state index in [1.165, 1.54) is 11.1 Å². The monoisotopic (exact) mass is 357 g/mol.